The molecule has 1 aromatic rings. The van der Waals surface area contributed by atoms with Crippen molar-refractivity contribution in [2.75, 3.05) is 6.54 Å². The lowest BCUT2D eigenvalue weighted by Gasteiger charge is -2.11. The number of pyridine rings is 1. The van der Waals surface area contributed by atoms with E-state index < -0.39 is 5.97 Å². The first-order valence-electron chi connectivity index (χ1n) is 4.17. The highest BCUT2D eigenvalue weighted by atomic mass is 35.5. The van der Waals surface area contributed by atoms with Gasteiger partial charge >= 0.3 is 5.97 Å². The Morgan fingerprint density at radius 2 is 2.36 bits per heavy atom. The number of aromatic nitrogens is 1. The third kappa shape index (κ3) is 2.97. The first-order valence-corrected chi connectivity index (χ1v) is 4.55. The molecule has 0 aromatic carbocycles. The van der Waals surface area contributed by atoms with Crippen LogP contribution in [0.2, 0.25) is 5.15 Å². The predicted molar refractivity (Wildman–Crippen MR) is 53.3 cm³/mol. The van der Waals surface area contributed by atoms with E-state index in [0.29, 0.717) is 10.8 Å². The van der Waals surface area contributed by atoms with E-state index >= 15 is 0 Å². The van der Waals surface area contributed by atoms with Crippen LogP contribution >= 0.6 is 11.6 Å². The molecule has 1 unspecified atom stereocenters. The van der Waals surface area contributed by atoms with E-state index in [0.717, 1.165) is 0 Å². The fourth-order valence-electron chi connectivity index (χ4n) is 1.17. The summed E-state index contributed by atoms with van der Waals surface area (Å²) in [7, 11) is 0. The molecule has 0 spiro atoms. The second-order valence-corrected chi connectivity index (χ2v) is 3.30. The van der Waals surface area contributed by atoms with Crippen LogP contribution in [0.15, 0.2) is 18.2 Å². The topological polar surface area (TPSA) is 76.2 Å². The van der Waals surface area contributed by atoms with E-state index in [1.165, 1.54) is 0 Å². The number of hydrogen-bond donors (Lipinski definition) is 2. The number of aliphatic carboxylic acids is 1. The minimum Gasteiger partial charge on any atom is -0.481 e. The Bertz CT molecular complexity index is 330. The molecule has 1 rings (SSSR count). The number of nitrogens with zero attached hydrogens (tertiary/aromatic N) is 1. The SMILES string of the molecule is NCC(CC(=O)O)c1cccc(Cl)n1. The van der Waals surface area contributed by atoms with Crippen LogP contribution < -0.4 is 5.73 Å². The van der Waals surface area contributed by atoms with Crippen molar-refractivity contribution in [2.24, 2.45) is 5.73 Å². The number of halogens is 1. The zero-order valence-corrected chi connectivity index (χ0v) is 8.24. The highest BCUT2D eigenvalue weighted by Crippen LogP contribution is 2.17. The van der Waals surface area contributed by atoms with Crippen LogP contribution in [0.25, 0.3) is 0 Å². The minimum atomic E-state index is -0.887. The molecule has 0 fully saturated rings. The zero-order chi connectivity index (χ0) is 10.6. The fraction of sp³-hybridized carbons (Fsp3) is 0.333. The van der Waals surface area contributed by atoms with Crippen LogP contribution in [-0.4, -0.2) is 22.6 Å². The van der Waals surface area contributed by atoms with Gasteiger partial charge in [-0.1, -0.05) is 17.7 Å². The maximum absolute atomic E-state index is 10.5. The summed E-state index contributed by atoms with van der Waals surface area (Å²) in [6, 6.07) is 5.10. The van der Waals surface area contributed by atoms with E-state index in [2.05, 4.69) is 4.98 Å². The van der Waals surface area contributed by atoms with Crippen LogP contribution in [0.4, 0.5) is 0 Å². The standard InChI is InChI=1S/C9H11ClN2O2/c10-8-3-1-2-7(12-8)6(5-11)4-9(13)14/h1-3,6H,4-5,11H2,(H,13,14). The molecule has 5 heteroatoms. The smallest absolute Gasteiger partial charge is 0.304 e. The number of nitrogens with two attached hydrogens (primary N) is 1. The number of carboxylic acids is 1. The molecule has 0 bridgehead atoms. The van der Waals surface area contributed by atoms with Crippen molar-refractivity contribution >= 4 is 17.6 Å². The predicted octanol–water partition coefficient (Wildman–Crippen LogP) is 1.25. The van der Waals surface area contributed by atoms with Crippen molar-refractivity contribution in [2.45, 2.75) is 12.3 Å². The molecule has 0 aliphatic carbocycles. The Kier molecular flexibility index (Phi) is 3.85. The van der Waals surface area contributed by atoms with E-state index in [9.17, 15) is 4.79 Å². The van der Waals surface area contributed by atoms with Gasteiger partial charge in [0.05, 0.1) is 6.42 Å². The van der Waals surface area contributed by atoms with Crippen molar-refractivity contribution in [3.63, 3.8) is 0 Å². The van der Waals surface area contributed by atoms with Gasteiger partial charge in [-0.2, -0.15) is 0 Å². The Morgan fingerprint density at radius 1 is 1.64 bits per heavy atom. The van der Waals surface area contributed by atoms with Gasteiger partial charge in [0.2, 0.25) is 0 Å². The number of hydrogen-bond acceptors (Lipinski definition) is 3. The highest BCUT2D eigenvalue weighted by molar-refractivity contribution is 6.29. The van der Waals surface area contributed by atoms with Crippen molar-refractivity contribution < 1.29 is 9.90 Å². The van der Waals surface area contributed by atoms with Crippen LogP contribution in [0.1, 0.15) is 18.0 Å². The van der Waals surface area contributed by atoms with Gasteiger partial charge in [-0.25, -0.2) is 4.98 Å². The Labute approximate surface area is 86.7 Å². The molecule has 14 heavy (non-hydrogen) atoms. The van der Waals surface area contributed by atoms with Gasteiger partial charge in [-0.05, 0) is 12.1 Å². The molecule has 4 nitrogen and oxygen atoms in total. The molecule has 0 radical (unpaired) electrons. The second-order valence-electron chi connectivity index (χ2n) is 2.92. The van der Waals surface area contributed by atoms with Gasteiger partial charge in [0.1, 0.15) is 5.15 Å². The second kappa shape index (κ2) is 4.93. The van der Waals surface area contributed by atoms with Crippen LogP contribution in [0.5, 0.6) is 0 Å². The number of carbonyl (C=O) groups is 1. The summed E-state index contributed by atoms with van der Waals surface area (Å²) in [6.07, 6.45) is -0.0240. The van der Waals surface area contributed by atoms with Gasteiger partial charge in [-0.15, -0.1) is 0 Å². The molecule has 1 heterocycles. The van der Waals surface area contributed by atoms with Gasteiger partial charge in [0, 0.05) is 18.2 Å². The lowest BCUT2D eigenvalue weighted by atomic mass is 10.0. The minimum absolute atomic E-state index is 0.0240. The first-order chi connectivity index (χ1) is 6.63. The summed E-state index contributed by atoms with van der Waals surface area (Å²) in [5.41, 5.74) is 6.08. The number of rotatable bonds is 4. The fourth-order valence-corrected chi connectivity index (χ4v) is 1.34. The summed E-state index contributed by atoms with van der Waals surface area (Å²) < 4.78 is 0. The van der Waals surface area contributed by atoms with Crippen LogP contribution in [0, 0.1) is 0 Å². The van der Waals surface area contributed by atoms with Crippen molar-refractivity contribution in [1.82, 2.24) is 4.98 Å². The molecule has 0 saturated heterocycles. The van der Waals surface area contributed by atoms with Crippen molar-refractivity contribution in [3.05, 3.63) is 29.0 Å². The lowest BCUT2D eigenvalue weighted by Crippen LogP contribution is -2.17. The molecule has 1 atom stereocenters. The Hall–Kier alpha value is -1.13. The summed E-state index contributed by atoms with van der Waals surface area (Å²) in [6.45, 7) is 0.250. The van der Waals surface area contributed by atoms with Crippen molar-refractivity contribution in [1.29, 1.82) is 0 Å². The van der Waals surface area contributed by atoms with Gasteiger partial charge in [-0.3, -0.25) is 4.79 Å². The normalized spacial score (nSPS) is 12.4. The van der Waals surface area contributed by atoms with Gasteiger partial charge in [0.25, 0.3) is 0 Å². The quantitative estimate of drug-likeness (QED) is 0.740. The van der Waals surface area contributed by atoms with Crippen molar-refractivity contribution in [3.8, 4) is 0 Å². The third-order valence-electron chi connectivity index (χ3n) is 1.86. The van der Waals surface area contributed by atoms with Gasteiger partial charge in [0.15, 0.2) is 0 Å². The highest BCUT2D eigenvalue weighted by Gasteiger charge is 2.15. The number of carboxylic acid groups (broad SMARTS) is 1. The Balaban J connectivity index is 2.83. The first kappa shape index (κ1) is 10.9. The molecular formula is C9H11ClN2O2. The monoisotopic (exact) mass is 214 g/mol. The summed E-state index contributed by atoms with van der Waals surface area (Å²) in [4.78, 5) is 14.5. The summed E-state index contributed by atoms with van der Waals surface area (Å²) >= 11 is 5.68. The molecule has 1 aromatic heterocycles. The largest absolute Gasteiger partial charge is 0.481 e. The van der Waals surface area contributed by atoms with E-state index in [4.69, 9.17) is 22.4 Å². The molecule has 3 N–H and O–H groups in total. The molecule has 0 saturated carbocycles. The zero-order valence-electron chi connectivity index (χ0n) is 7.48. The van der Waals surface area contributed by atoms with E-state index in [1.54, 1.807) is 18.2 Å². The van der Waals surface area contributed by atoms with E-state index in [1.807, 2.05) is 0 Å². The summed E-state index contributed by atoms with van der Waals surface area (Å²) in [5, 5.41) is 8.98. The third-order valence-corrected chi connectivity index (χ3v) is 2.07. The maximum atomic E-state index is 10.5. The molecule has 0 aliphatic heterocycles. The molecule has 0 amide bonds. The van der Waals surface area contributed by atoms with E-state index in [-0.39, 0.29) is 18.9 Å². The summed E-state index contributed by atoms with van der Waals surface area (Å²) in [5.74, 6) is -1.16. The van der Waals surface area contributed by atoms with Crippen LogP contribution in [-0.2, 0) is 4.79 Å². The molecule has 0 aliphatic rings. The van der Waals surface area contributed by atoms with Gasteiger partial charge < -0.3 is 10.8 Å². The Morgan fingerprint density at radius 3 is 2.86 bits per heavy atom. The molecule has 76 valence electrons. The maximum Gasteiger partial charge on any atom is 0.304 e. The van der Waals surface area contributed by atoms with Crippen LogP contribution in [0.3, 0.4) is 0 Å². The molecular weight excluding hydrogens is 204 g/mol. The lowest BCUT2D eigenvalue weighted by molar-refractivity contribution is -0.137. The average Bonchev–Trinajstić information content (AvgIpc) is 2.14. The average molecular weight is 215 g/mol.